The number of hydrogen-bond acceptors (Lipinski definition) is 5. The van der Waals surface area contributed by atoms with E-state index < -0.39 is 0 Å². The van der Waals surface area contributed by atoms with Crippen LogP contribution in [-0.2, 0) is 4.74 Å². The van der Waals surface area contributed by atoms with Gasteiger partial charge in [-0.15, -0.1) is 0 Å². The van der Waals surface area contributed by atoms with Gasteiger partial charge in [-0.3, -0.25) is 0 Å². The quantitative estimate of drug-likeness (QED) is 0.110. The average molecular weight is 641 g/mol. The molecule has 0 aliphatic heterocycles. The van der Waals surface area contributed by atoms with Crippen LogP contribution in [0.2, 0.25) is 0 Å². The molecule has 1 unspecified atom stereocenters. The topological polar surface area (TPSA) is 93.6 Å². The number of unbranched alkanes of at least 4 members (excludes halogenated alkanes) is 1. The molecule has 3 saturated carbocycles. The highest BCUT2D eigenvalue weighted by Crippen LogP contribution is 2.67. The van der Waals surface area contributed by atoms with Crippen molar-refractivity contribution >= 4 is 6.09 Å². The summed E-state index contributed by atoms with van der Waals surface area (Å²) < 4.78 is 6.25. The van der Waals surface area contributed by atoms with E-state index >= 15 is 0 Å². The summed E-state index contributed by atoms with van der Waals surface area (Å²) in [5, 5.41) is 3.44. The van der Waals surface area contributed by atoms with Gasteiger partial charge in [-0.25, -0.2) is 4.79 Å². The number of amides is 1. The Morgan fingerprint density at radius 3 is 2.43 bits per heavy atom. The minimum absolute atomic E-state index is 0.00294. The van der Waals surface area contributed by atoms with Gasteiger partial charge in [-0.2, -0.15) is 0 Å². The van der Waals surface area contributed by atoms with Crippen molar-refractivity contribution in [3.63, 3.8) is 0 Å². The molecule has 3 fully saturated rings. The number of ether oxygens (including phenoxy) is 1. The molecule has 5 N–H and O–H groups in total. The number of nitrogens with zero attached hydrogens (tertiary/aromatic N) is 1. The van der Waals surface area contributed by atoms with Crippen LogP contribution in [-0.4, -0.2) is 56.4 Å². The van der Waals surface area contributed by atoms with Gasteiger partial charge in [0.05, 0.1) is 0 Å². The monoisotopic (exact) mass is 641 g/mol. The zero-order valence-corrected chi connectivity index (χ0v) is 30.7. The Bertz CT molecular complexity index is 1010. The number of allylic oxidation sites excluding steroid dienone is 3. The molecule has 6 nitrogen and oxygen atoms in total. The molecule has 0 saturated heterocycles. The molecule has 4 rings (SSSR count). The lowest BCUT2D eigenvalue weighted by Crippen LogP contribution is -2.51. The molecule has 264 valence electrons. The van der Waals surface area contributed by atoms with E-state index in [1.54, 1.807) is 5.57 Å². The summed E-state index contributed by atoms with van der Waals surface area (Å²) in [6, 6.07) is 0. The minimum Gasteiger partial charge on any atom is -0.446 e. The first-order chi connectivity index (χ1) is 22.1. The van der Waals surface area contributed by atoms with Crippen LogP contribution in [0.3, 0.4) is 0 Å². The van der Waals surface area contributed by atoms with E-state index in [2.05, 4.69) is 65.1 Å². The van der Waals surface area contributed by atoms with E-state index in [9.17, 15) is 4.79 Å². The van der Waals surface area contributed by atoms with Crippen LogP contribution in [0.15, 0.2) is 23.8 Å². The largest absolute Gasteiger partial charge is 0.446 e. The lowest BCUT2D eigenvalue weighted by Gasteiger charge is -2.58. The summed E-state index contributed by atoms with van der Waals surface area (Å²) in [6.45, 7) is 19.5. The Kier molecular flexibility index (Phi) is 14.1. The number of hydrogen-bond donors (Lipinski definition) is 3. The highest BCUT2D eigenvalue weighted by atomic mass is 16.6. The Hall–Kier alpha value is -1.37. The second-order valence-corrected chi connectivity index (χ2v) is 16.5. The molecule has 9 atom stereocenters. The fourth-order valence-electron chi connectivity index (χ4n) is 10.6. The Balaban J connectivity index is 1.34. The second kappa shape index (κ2) is 17.3. The summed E-state index contributed by atoms with van der Waals surface area (Å²) in [4.78, 5) is 15.3. The first-order valence-electron chi connectivity index (χ1n) is 19.5. The van der Waals surface area contributed by atoms with Crippen molar-refractivity contribution in [2.45, 2.75) is 131 Å². The summed E-state index contributed by atoms with van der Waals surface area (Å²) in [5.41, 5.74) is 13.7. The fourth-order valence-corrected chi connectivity index (χ4v) is 10.6. The van der Waals surface area contributed by atoms with Crippen molar-refractivity contribution in [1.82, 2.24) is 10.2 Å². The Morgan fingerprint density at radius 1 is 0.978 bits per heavy atom. The third-order valence-corrected chi connectivity index (χ3v) is 13.5. The van der Waals surface area contributed by atoms with Crippen LogP contribution in [0.4, 0.5) is 4.79 Å². The maximum absolute atomic E-state index is 13.4. The van der Waals surface area contributed by atoms with Gasteiger partial charge in [0.15, 0.2) is 0 Å². The van der Waals surface area contributed by atoms with Gasteiger partial charge >= 0.3 is 6.09 Å². The fraction of sp³-hybridized carbons (Fsp3) is 0.875. The molecule has 0 spiro atoms. The molecule has 0 aromatic heterocycles. The highest BCUT2D eigenvalue weighted by molar-refractivity contribution is 5.67. The number of carbonyl (C=O) groups excluding carboxylic acids is 1. The Morgan fingerprint density at radius 2 is 1.72 bits per heavy atom. The third kappa shape index (κ3) is 8.61. The first kappa shape index (κ1) is 37.4. The Labute approximate surface area is 283 Å². The van der Waals surface area contributed by atoms with Gasteiger partial charge < -0.3 is 26.4 Å². The maximum Gasteiger partial charge on any atom is 0.410 e. The van der Waals surface area contributed by atoms with Crippen molar-refractivity contribution < 1.29 is 9.53 Å². The minimum atomic E-state index is -0.139. The summed E-state index contributed by atoms with van der Waals surface area (Å²) in [7, 11) is 0. The molecule has 1 amide bonds. The lowest BCUT2D eigenvalue weighted by atomic mass is 9.47. The van der Waals surface area contributed by atoms with Gasteiger partial charge in [0.1, 0.15) is 6.10 Å². The van der Waals surface area contributed by atoms with Crippen LogP contribution in [0, 0.1) is 52.3 Å². The predicted molar refractivity (Wildman–Crippen MR) is 193 cm³/mol. The molecule has 4 aliphatic rings. The van der Waals surface area contributed by atoms with Crippen LogP contribution in [0.25, 0.3) is 0 Å². The molecular formula is C40H72N4O2. The molecule has 4 aliphatic carbocycles. The summed E-state index contributed by atoms with van der Waals surface area (Å²) in [5.74, 6) is 5.32. The molecular weight excluding hydrogens is 568 g/mol. The van der Waals surface area contributed by atoms with E-state index in [1.165, 1.54) is 38.5 Å². The van der Waals surface area contributed by atoms with Crippen molar-refractivity contribution in [2.24, 2.45) is 63.7 Å². The van der Waals surface area contributed by atoms with Crippen molar-refractivity contribution in [1.29, 1.82) is 0 Å². The summed E-state index contributed by atoms with van der Waals surface area (Å²) >= 11 is 0. The molecule has 0 aromatic carbocycles. The van der Waals surface area contributed by atoms with Crippen molar-refractivity contribution in [3.8, 4) is 0 Å². The number of fused-ring (bicyclic) bond motifs is 5. The van der Waals surface area contributed by atoms with Crippen LogP contribution < -0.4 is 16.8 Å². The lowest BCUT2D eigenvalue weighted by molar-refractivity contribution is -0.0563. The van der Waals surface area contributed by atoms with Crippen molar-refractivity contribution in [3.05, 3.63) is 23.8 Å². The normalized spacial score (nSPS) is 33.7. The SMILES string of the molecule is CC[C@H](/C=C/[C@@H](C)[C@H]1CC[C@H]2[C@@H]3CC=C4C[C@@H](OC(=O)N(CCCN)CCCCNCCCN)CC[C@]4(C)C3CC[C@]12C)C(C)C. The first-order valence-corrected chi connectivity index (χ1v) is 19.5. The molecule has 0 aromatic rings. The molecule has 6 heteroatoms. The number of nitrogens with one attached hydrogen (secondary N) is 1. The van der Waals surface area contributed by atoms with Crippen LogP contribution >= 0.6 is 0 Å². The maximum atomic E-state index is 13.4. The van der Waals surface area contributed by atoms with Gasteiger partial charge in [0, 0.05) is 19.5 Å². The molecule has 0 radical (unpaired) electrons. The second-order valence-electron chi connectivity index (χ2n) is 16.5. The molecule has 0 heterocycles. The van der Waals surface area contributed by atoms with E-state index in [1.807, 2.05) is 4.90 Å². The molecule has 46 heavy (non-hydrogen) atoms. The van der Waals surface area contributed by atoms with E-state index in [0.717, 1.165) is 101 Å². The van der Waals surface area contributed by atoms with Gasteiger partial charge in [0.2, 0.25) is 0 Å². The zero-order valence-electron chi connectivity index (χ0n) is 30.7. The van der Waals surface area contributed by atoms with E-state index in [0.29, 0.717) is 30.3 Å². The number of carbonyl (C=O) groups is 1. The predicted octanol–water partition coefficient (Wildman–Crippen LogP) is 8.31. The average Bonchev–Trinajstić information content (AvgIpc) is 3.39. The van der Waals surface area contributed by atoms with Crippen LogP contribution in [0.5, 0.6) is 0 Å². The third-order valence-electron chi connectivity index (χ3n) is 13.5. The van der Waals surface area contributed by atoms with Crippen molar-refractivity contribution in [2.75, 3.05) is 39.3 Å². The van der Waals surface area contributed by atoms with Gasteiger partial charge in [0.25, 0.3) is 0 Å². The van der Waals surface area contributed by atoms with E-state index in [4.69, 9.17) is 16.2 Å². The summed E-state index contributed by atoms with van der Waals surface area (Å²) in [6.07, 6.45) is 22.5. The standard InChI is InChI=1S/C40H72N4O2/c1-7-31(29(2)3)13-12-30(4)35-16-17-36-34-15-14-32-28-33(18-20-39(32,5)37(34)19-21-40(35,36)6)46-38(45)44(27-11-23-42)26-9-8-24-43-25-10-22-41/h12-14,29-31,33-37,43H,7-11,15-28,41-42H2,1-6H3/b13-12+/t30-,31-,33+,34+,35-,36+,37?,39+,40-/m1/s1. The van der Waals surface area contributed by atoms with Crippen LogP contribution in [0.1, 0.15) is 125 Å². The van der Waals surface area contributed by atoms with Gasteiger partial charge in [-0.05, 0) is 155 Å². The smallest absolute Gasteiger partial charge is 0.410 e. The highest BCUT2D eigenvalue weighted by Gasteiger charge is 2.59. The molecule has 0 bridgehead atoms. The number of nitrogens with two attached hydrogens (primary N) is 2. The van der Waals surface area contributed by atoms with E-state index in [-0.39, 0.29) is 17.6 Å². The van der Waals surface area contributed by atoms with Gasteiger partial charge in [-0.1, -0.05) is 65.3 Å². The number of rotatable bonds is 17. The zero-order chi connectivity index (χ0) is 33.3.